The molecule has 2 aromatic rings. The molecule has 0 spiro atoms. The summed E-state index contributed by atoms with van der Waals surface area (Å²) in [4.78, 5) is 23.9. The molecule has 190 valence electrons. The van der Waals surface area contributed by atoms with E-state index >= 15 is 0 Å². The van der Waals surface area contributed by atoms with Crippen molar-refractivity contribution in [1.29, 1.82) is 0 Å². The molecule has 2 fully saturated rings. The molecule has 2 N–H and O–H groups in total. The van der Waals surface area contributed by atoms with E-state index in [2.05, 4.69) is 39.3 Å². The standard InChI is InChI=1S/C25H33F3N6O/c1-17-6-7-18(2)34(17)16-19-8-10-20(11-9-19)31-24-30-15-21(25(26,27)28)23(32-24)29-12-4-14-33-13-3-5-22(33)35/h8-11,15,17-18H,3-7,12-14,16H2,1-2H3,(H2,29,30,31,32). The molecule has 10 heteroatoms. The first-order valence-corrected chi connectivity index (χ1v) is 12.3. The summed E-state index contributed by atoms with van der Waals surface area (Å²) in [5.41, 5.74) is 0.974. The Labute approximate surface area is 204 Å². The van der Waals surface area contributed by atoms with Gasteiger partial charge in [-0.3, -0.25) is 9.69 Å². The van der Waals surface area contributed by atoms with Crippen molar-refractivity contribution in [3.63, 3.8) is 0 Å². The minimum atomic E-state index is -4.57. The lowest BCUT2D eigenvalue weighted by atomic mass is 10.1. The quantitative estimate of drug-likeness (QED) is 0.480. The highest BCUT2D eigenvalue weighted by Gasteiger charge is 2.35. The Kier molecular flexibility index (Phi) is 7.78. The van der Waals surface area contributed by atoms with Gasteiger partial charge in [0.2, 0.25) is 11.9 Å². The van der Waals surface area contributed by atoms with Crippen LogP contribution in [-0.4, -0.2) is 57.4 Å². The van der Waals surface area contributed by atoms with Gasteiger partial charge in [-0.1, -0.05) is 12.1 Å². The van der Waals surface area contributed by atoms with Crippen LogP contribution >= 0.6 is 0 Å². The second-order valence-corrected chi connectivity index (χ2v) is 9.49. The smallest absolute Gasteiger partial charge is 0.369 e. The van der Waals surface area contributed by atoms with Crippen molar-refractivity contribution in [2.45, 2.75) is 70.8 Å². The van der Waals surface area contributed by atoms with Gasteiger partial charge in [-0.2, -0.15) is 18.2 Å². The third-order valence-corrected chi connectivity index (χ3v) is 6.87. The lowest BCUT2D eigenvalue weighted by Gasteiger charge is -2.26. The monoisotopic (exact) mass is 490 g/mol. The third kappa shape index (κ3) is 6.42. The molecule has 35 heavy (non-hydrogen) atoms. The van der Waals surface area contributed by atoms with E-state index in [9.17, 15) is 18.0 Å². The van der Waals surface area contributed by atoms with Crippen molar-refractivity contribution in [3.05, 3.63) is 41.6 Å². The van der Waals surface area contributed by atoms with Gasteiger partial charge in [0.25, 0.3) is 0 Å². The minimum absolute atomic E-state index is 0.0877. The Morgan fingerprint density at radius 2 is 1.83 bits per heavy atom. The maximum Gasteiger partial charge on any atom is 0.421 e. The molecule has 2 aliphatic heterocycles. The van der Waals surface area contributed by atoms with Crippen molar-refractivity contribution >= 4 is 23.4 Å². The fraction of sp³-hybridized carbons (Fsp3) is 0.560. The van der Waals surface area contributed by atoms with Crippen LogP contribution in [0.15, 0.2) is 30.5 Å². The van der Waals surface area contributed by atoms with E-state index in [1.165, 1.54) is 18.4 Å². The van der Waals surface area contributed by atoms with Crippen molar-refractivity contribution in [3.8, 4) is 0 Å². The molecular weight excluding hydrogens is 457 g/mol. The zero-order chi connectivity index (χ0) is 25.0. The van der Waals surface area contributed by atoms with Gasteiger partial charge in [0.05, 0.1) is 0 Å². The number of carbonyl (C=O) groups excluding carboxylic acids is 1. The number of nitrogens with zero attached hydrogens (tertiary/aromatic N) is 4. The molecule has 2 aliphatic rings. The van der Waals surface area contributed by atoms with Gasteiger partial charge in [-0.15, -0.1) is 0 Å². The van der Waals surface area contributed by atoms with E-state index in [-0.39, 0.29) is 24.2 Å². The first-order chi connectivity index (χ1) is 16.7. The summed E-state index contributed by atoms with van der Waals surface area (Å²) in [5, 5.41) is 5.79. The number of aromatic nitrogens is 2. The second kappa shape index (κ2) is 10.8. The fourth-order valence-corrected chi connectivity index (χ4v) is 4.79. The average Bonchev–Trinajstić information content (AvgIpc) is 3.37. The van der Waals surface area contributed by atoms with Crippen molar-refractivity contribution < 1.29 is 18.0 Å². The number of halogens is 3. The number of nitrogens with one attached hydrogen (secondary N) is 2. The van der Waals surface area contributed by atoms with Crippen molar-refractivity contribution in [2.24, 2.45) is 0 Å². The van der Waals surface area contributed by atoms with Gasteiger partial charge in [0.1, 0.15) is 11.4 Å². The number of likely N-dealkylation sites (tertiary alicyclic amines) is 2. The number of benzene rings is 1. The summed E-state index contributed by atoms with van der Waals surface area (Å²) < 4.78 is 40.4. The normalized spacial score (nSPS) is 21.1. The molecule has 4 rings (SSSR count). The first kappa shape index (κ1) is 25.2. The number of carbonyl (C=O) groups is 1. The molecule has 3 heterocycles. The van der Waals surface area contributed by atoms with Crippen LogP contribution in [0, 0.1) is 0 Å². The Hall–Kier alpha value is -2.88. The van der Waals surface area contributed by atoms with Gasteiger partial charge in [0.15, 0.2) is 0 Å². The summed E-state index contributed by atoms with van der Waals surface area (Å²) >= 11 is 0. The van der Waals surface area contributed by atoms with E-state index in [1.54, 1.807) is 4.90 Å². The summed E-state index contributed by atoms with van der Waals surface area (Å²) in [6, 6.07) is 8.94. The average molecular weight is 491 g/mol. The molecule has 0 saturated carbocycles. The SMILES string of the molecule is CC1CCC(C)N1Cc1ccc(Nc2ncc(C(F)(F)F)c(NCCCN3CCCC3=O)n2)cc1. The second-order valence-electron chi connectivity index (χ2n) is 9.49. The molecule has 2 unspecified atom stereocenters. The van der Waals surface area contributed by atoms with Crippen molar-refractivity contribution in [2.75, 3.05) is 30.3 Å². The predicted molar refractivity (Wildman–Crippen MR) is 129 cm³/mol. The summed E-state index contributed by atoms with van der Waals surface area (Å²) in [5.74, 6) is -0.0777. The summed E-state index contributed by atoms with van der Waals surface area (Å²) in [6.07, 6.45) is 0.555. The van der Waals surface area contributed by atoms with E-state index in [4.69, 9.17) is 0 Å². The molecule has 1 amide bonds. The fourth-order valence-electron chi connectivity index (χ4n) is 4.79. The molecule has 1 aromatic carbocycles. The molecular formula is C25H33F3N6O. The van der Waals surface area contributed by atoms with E-state index in [1.807, 2.05) is 24.3 Å². The van der Waals surface area contributed by atoms with Crippen LogP contribution in [0.4, 0.5) is 30.6 Å². The Morgan fingerprint density at radius 1 is 1.11 bits per heavy atom. The zero-order valence-corrected chi connectivity index (χ0v) is 20.2. The van der Waals surface area contributed by atoms with Crippen LogP contribution in [-0.2, 0) is 17.5 Å². The first-order valence-electron chi connectivity index (χ1n) is 12.3. The van der Waals surface area contributed by atoms with Crippen LogP contribution in [0.5, 0.6) is 0 Å². The van der Waals surface area contributed by atoms with Crippen LogP contribution in [0.25, 0.3) is 0 Å². The number of hydrogen-bond acceptors (Lipinski definition) is 6. The van der Waals surface area contributed by atoms with Gasteiger partial charge >= 0.3 is 6.18 Å². The largest absolute Gasteiger partial charge is 0.421 e. The van der Waals surface area contributed by atoms with Crippen LogP contribution in [0.3, 0.4) is 0 Å². The predicted octanol–water partition coefficient (Wildman–Crippen LogP) is 5.04. The maximum atomic E-state index is 13.5. The molecule has 2 saturated heterocycles. The lowest BCUT2D eigenvalue weighted by Crippen LogP contribution is -2.31. The topological polar surface area (TPSA) is 73.4 Å². The number of anilines is 3. The van der Waals surface area contributed by atoms with Gasteiger partial charge < -0.3 is 15.5 Å². The van der Waals surface area contributed by atoms with E-state index in [0.717, 1.165) is 19.2 Å². The number of hydrogen-bond donors (Lipinski definition) is 2. The Morgan fingerprint density at radius 3 is 2.46 bits per heavy atom. The van der Waals surface area contributed by atoms with Crippen LogP contribution in [0.2, 0.25) is 0 Å². The van der Waals surface area contributed by atoms with Crippen LogP contribution < -0.4 is 10.6 Å². The molecule has 0 bridgehead atoms. The van der Waals surface area contributed by atoms with Crippen molar-refractivity contribution in [1.82, 2.24) is 19.8 Å². The van der Waals surface area contributed by atoms with Gasteiger partial charge in [-0.25, -0.2) is 4.98 Å². The highest BCUT2D eigenvalue weighted by atomic mass is 19.4. The van der Waals surface area contributed by atoms with Gasteiger partial charge in [0, 0.05) is 56.6 Å². The van der Waals surface area contributed by atoms with E-state index < -0.39 is 11.7 Å². The number of rotatable bonds is 9. The maximum absolute atomic E-state index is 13.5. The number of amides is 1. The zero-order valence-electron chi connectivity index (χ0n) is 20.2. The lowest BCUT2D eigenvalue weighted by molar-refractivity contribution is -0.137. The molecule has 1 aromatic heterocycles. The van der Waals surface area contributed by atoms with Crippen LogP contribution in [0.1, 0.15) is 57.1 Å². The highest BCUT2D eigenvalue weighted by molar-refractivity contribution is 5.78. The molecule has 0 radical (unpaired) electrons. The Bertz CT molecular complexity index is 1000. The number of alkyl halides is 3. The van der Waals surface area contributed by atoms with Gasteiger partial charge in [-0.05, 0) is 57.2 Å². The summed E-state index contributed by atoms with van der Waals surface area (Å²) in [6.45, 7) is 6.87. The van der Waals surface area contributed by atoms with E-state index in [0.29, 0.717) is 43.7 Å². The minimum Gasteiger partial charge on any atom is -0.369 e. The molecule has 7 nitrogen and oxygen atoms in total. The summed E-state index contributed by atoms with van der Waals surface area (Å²) in [7, 11) is 0. The third-order valence-electron chi connectivity index (χ3n) is 6.87. The molecule has 2 atom stereocenters. The molecule has 0 aliphatic carbocycles. The highest BCUT2D eigenvalue weighted by Crippen LogP contribution is 2.34. The Balaban J connectivity index is 1.38.